The molecule has 5 aromatic carbocycles. The minimum absolute atomic E-state index is 0.431. The molecule has 0 radical (unpaired) electrons. The lowest BCUT2D eigenvalue weighted by atomic mass is 9.99. The van der Waals surface area contributed by atoms with E-state index >= 15 is 0 Å². The maximum absolute atomic E-state index is 5.20. The van der Waals surface area contributed by atoms with Crippen LogP contribution >= 0.6 is 0 Å². The second-order valence-electron chi connectivity index (χ2n) is 12.8. The fourth-order valence-electron chi connectivity index (χ4n) is 7.06. The first-order valence-electron chi connectivity index (χ1n) is 17.2. The van der Waals surface area contributed by atoms with Crippen molar-refractivity contribution in [3.05, 3.63) is 164 Å². The van der Waals surface area contributed by atoms with Crippen molar-refractivity contribution in [2.24, 2.45) is 9.98 Å². The molecule has 0 amide bonds. The summed E-state index contributed by atoms with van der Waals surface area (Å²) in [6.45, 7) is 0.431. The van der Waals surface area contributed by atoms with E-state index in [2.05, 4.69) is 132 Å². The highest BCUT2D eigenvalue weighted by Gasteiger charge is 2.18. The molecular weight excluding hydrogens is 639 g/mol. The Morgan fingerprint density at radius 1 is 0.442 bits per heavy atom. The van der Waals surface area contributed by atoms with Crippen LogP contribution in [0, 0.1) is 0 Å². The number of pyridine rings is 4. The number of fused-ring (bicyclic) bond motifs is 6. The summed E-state index contributed by atoms with van der Waals surface area (Å²) in [5.74, 6) is 0.650. The number of benzene rings is 5. The molecule has 1 aliphatic heterocycles. The van der Waals surface area contributed by atoms with E-state index in [4.69, 9.17) is 29.9 Å². The number of anilines is 1. The van der Waals surface area contributed by atoms with E-state index in [-0.39, 0.29) is 0 Å². The van der Waals surface area contributed by atoms with Gasteiger partial charge in [0.15, 0.2) is 5.84 Å². The first-order valence-corrected chi connectivity index (χ1v) is 17.2. The first-order chi connectivity index (χ1) is 25.7. The van der Waals surface area contributed by atoms with E-state index in [1.54, 1.807) is 0 Å². The average molecular weight is 668 g/mol. The third-order valence-electron chi connectivity index (χ3n) is 9.64. The minimum atomic E-state index is 0.431. The summed E-state index contributed by atoms with van der Waals surface area (Å²) in [6.07, 6.45) is 5.52. The molecule has 52 heavy (non-hydrogen) atoms. The standard InChI is InChI=1S/C45H29N7/c1-2-8-29(9-3-1)37-12-4-5-13-40(37)52-27-48-45(49-28-52)36-25-34(38-20-18-32-16-14-30-10-6-22-46-41(30)43(32)50-38)24-35(26-36)39-21-19-33-17-15-31-11-7-23-47-42(31)44(33)51-39/h1-27H,28H2. The smallest absolute Gasteiger partial charge is 0.158 e. The van der Waals surface area contributed by atoms with Crippen LogP contribution in [0.2, 0.25) is 0 Å². The molecule has 0 bridgehead atoms. The summed E-state index contributed by atoms with van der Waals surface area (Å²) < 4.78 is 0. The van der Waals surface area contributed by atoms with Crippen LogP contribution in [0.4, 0.5) is 5.69 Å². The van der Waals surface area contributed by atoms with E-state index in [0.29, 0.717) is 12.5 Å². The van der Waals surface area contributed by atoms with Crippen LogP contribution in [-0.4, -0.2) is 38.8 Å². The Bertz CT molecular complexity index is 2760. The number of aromatic nitrogens is 4. The predicted molar refractivity (Wildman–Crippen MR) is 213 cm³/mol. The lowest BCUT2D eigenvalue weighted by Gasteiger charge is -2.24. The summed E-state index contributed by atoms with van der Waals surface area (Å²) in [5, 5.41) is 4.19. The number of hydrogen-bond acceptors (Lipinski definition) is 7. The fourth-order valence-corrected chi connectivity index (χ4v) is 7.06. The zero-order chi connectivity index (χ0) is 34.4. The molecule has 0 fully saturated rings. The van der Waals surface area contributed by atoms with Gasteiger partial charge in [0.2, 0.25) is 0 Å². The highest BCUT2D eigenvalue weighted by atomic mass is 15.3. The van der Waals surface area contributed by atoms with Crippen molar-refractivity contribution in [2.75, 3.05) is 11.6 Å². The van der Waals surface area contributed by atoms with Gasteiger partial charge in [0.1, 0.15) is 6.67 Å². The van der Waals surface area contributed by atoms with Crippen LogP contribution < -0.4 is 4.90 Å². The zero-order valence-electron chi connectivity index (χ0n) is 27.9. The summed E-state index contributed by atoms with van der Waals surface area (Å²) in [4.78, 5) is 31.8. The van der Waals surface area contributed by atoms with Gasteiger partial charge in [0.05, 0.1) is 45.5 Å². The fraction of sp³-hybridized carbons (Fsp3) is 0.0222. The molecule has 0 atom stereocenters. The zero-order valence-corrected chi connectivity index (χ0v) is 27.9. The van der Waals surface area contributed by atoms with Gasteiger partial charge in [-0.05, 0) is 54.1 Å². The highest BCUT2D eigenvalue weighted by Crippen LogP contribution is 2.34. The van der Waals surface area contributed by atoms with Crippen LogP contribution in [0.15, 0.2) is 168 Å². The largest absolute Gasteiger partial charge is 0.312 e. The molecule has 0 saturated heterocycles. The number of aliphatic imine (C=N–C) groups is 2. The van der Waals surface area contributed by atoms with E-state index < -0.39 is 0 Å². The van der Waals surface area contributed by atoms with Crippen molar-refractivity contribution in [3.63, 3.8) is 0 Å². The summed E-state index contributed by atoms with van der Waals surface area (Å²) in [5.41, 5.74) is 11.3. The molecule has 7 nitrogen and oxygen atoms in total. The van der Waals surface area contributed by atoms with Crippen LogP contribution in [0.5, 0.6) is 0 Å². The van der Waals surface area contributed by atoms with Gasteiger partial charge in [0.25, 0.3) is 0 Å². The van der Waals surface area contributed by atoms with Crippen molar-refractivity contribution in [1.29, 1.82) is 0 Å². The van der Waals surface area contributed by atoms with Crippen molar-refractivity contribution < 1.29 is 0 Å². The van der Waals surface area contributed by atoms with Crippen molar-refractivity contribution >= 4 is 61.5 Å². The van der Waals surface area contributed by atoms with Gasteiger partial charge in [-0.3, -0.25) is 9.97 Å². The Morgan fingerprint density at radius 3 is 1.58 bits per heavy atom. The molecule has 10 rings (SSSR count). The lowest BCUT2D eigenvalue weighted by Crippen LogP contribution is -2.27. The Morgan fingerprint density at radius 2 is 0.981 bits per heavy atom. The lowest BCUT2D eigenvalue weighted by molar-refractivity contribution is 1.00. The van der Waals surface area contributed by atoms with E-state index in [0.717, 1.165) is 88.5 Å². The molecule has 0 aliphatic carbocycles. The third kappa shape index (κ3) is 5.23. The second-order valence-corrected chi connectivity index (χ2v) is 12.8. The van der Waals surface area contributed by atoms with Crippen LogP contribution in [-0.2, 0) is 0 Å². The topological polar surface area (TPSA) is 79.5 Å². The number of nitrogens with zero attached hydrogens (tertiary/aromatic N) is 7. The maximum atomic E-state index is 5.20. The van der Waals surface area contributed by atoms with Gasteiger partial charge in [-0.2, -0.15) is 0 Å². The highest BCUT2D eigenvalue weighted by molar-refractivity contribution is 6.09. The van der Waals surface area contributed by atoms with E-state index in [1.807, 2.05) is 36.9 Å². The molecule has 1 aliphatic rings. The number of amidine groups is 1. The van der Waals surface area contributed by atoms with Gasteiger partial charge >= 0.3 is 0 Å². The first kappa shape index (κ1) is 29.8. The normalized spacial score (nSPS) is 12.9. The maximum Gasteiger partial charge on any atom is 0.158 e. The molecule has 0 spiro atoms. The van der Waals surface area contributed by atoms with Gasteiger partial charge in [-0.1, -0.05) is 97.1 Å². The molecule has 244 valence electrons. The molecule has 4 aromatic heterocycles. The summed E-state index contributed by atoms with van der Waals surface area (Å²) in [7, 11) is 0. The van der Waals surface area contributed by atoms with Gasteiger partial charge < -0.3 is 4.90 Å². The molecule has 0 N–H and O–H groups in total. The molecule has 5 heterocycles. The van der Waals surface area contributed by atoms with Crippen molar-refractivity contribution in [3.8, 4) is 33.6 Å². The van der Waals surface area contributed by atoms with E-state index in [1.165, 1.54) is 0 Å². The van der Waals surface area contributed by atoms with Gasteiger partial charge in [-0.15, -0.1) is 0 Å². The number of rotatable bonds is 5. The quantitative estimate of drug-likeness (QED) is 0.171. The number of hydrogen-bond donors (Lipinski definition) is 0. The third-order valence-corrected chi connectivity index (χ3v) is 9.64. The Labute approximate surface area is 299 Å². The van der Waals surface area contributed by atoms with Gasteiger partial charge in [0, 0.05) is 56.2 Å². The second kappa shape index (κ2) is 12.3. The summed E-state index contributed by atoms with van der Waals surface area (Å²) in [6, 6.07) is 50.0. The SMILES string of the molecule is C1=NC(c2cc(-c3ccc4ccc5cccnc5c4n3)cc(-c3ccc4ccc5cccnc5c4n3)c2)=NCN1c1ccccc1-c1ccccc1. The van der Waals surface area contributed by atoms with Crippen molar-refractivity contribution in [1.82, 2.24) is 19.9 Å². The molecule has 7 heteroatoms. The molecule has 9 aromatic rings. The van der Waals surface area contributed by atoms with Gasteiger partial charge in [-0.25, -0.2) is 20.0 Å². The predicted octanol–water partition coefficient (Wildman–Crippen LogP) is 10.1. The number of para-hydroxylation sites is 1. The van der Waals surface area contributed by atoms with Crippen LogP contribution in [0.1, 0.15) is 5.56 Å². The van der Waals surface area contributed by atoms with Crippen LogP contribution in [0.25, 0.3) is 77.3 Å². The Balaban J connectivity index is 1.10. The molecular formula is C45H29N7. The van der Waals surface area contributed by atoms with Crippen LogP contribution in [0.3, 0.4) is 0 Å². The van der Waals surface area contributed by atoms with Crippen molar-refractivity contribution in [2.45, 2.75) is 0 Å². The molecule has 0 unspecified atom stereocenters. The minimum Gasteiger partial charge on any atom is -0.312 e. The Kier molecular flexibility index (Phi) is 7.06. The molecule has 0 saturated carbocycles. The summed E-state index contributed by atoms with van der Waals surface area (Å²) >= 11 is 0. The average Bonchev–Trinajstić information content (AvgIpc) is 3.23. The Hall–Kier alpha value is -7.12. The van der Waals surface area contributed by atoms with E-state index in [9.17, 15) is 0 Å². The monoisotopic (exact) mass is 667 g/mol.